The fourth-order valence-electron chi connectivity index (χ4n) is 3.64. The van der Waals surface area contributed by atoms with Crippen molar-refractivity contribution in [3.8, 4) is 22.9 Å². The number of halogens is 1. The summed E-state index contributed by atoms with van der Waals surface area (Å²) in [6.45, 7) is 1.74. The maximum Gasteiger partial charge on any atom is 0.336 e. The Bertz CT molecular complexity index is 1490. The zero-order valence-corrected chi connectivity index (χ0v) is 17.5. The minimum Gasteiger partial charge on any atom is -0.478 e. The van der Waals surface area contributed by atoms with Crippen molar-refractivity contribution in [3.63, 3.8) is 0 Å². The van der Waals surface area contributed by atoms with Crippen molar-refractivity contribution in [3.05, 3.63) is 71.0 Å². The number of fused-ring (bicyclic) bond motifs is 2. The quantitative estimate of drug-likeness (QED) is 0.417. The van der Waals surface area contributed by atoms with E-state index in [2.05, 4.69) is 21.0 Å². The number of hydrogen-bond donors (Lipinski definition) is 2. The number of ether oxygens (including phenoxy) is 1. The van der Waals surface area contributed by atoms with E-state index in [9.17, 15) is 9.90 Å². The molecule has 3 aromatic heterocycles. The summed E-state index contributed by atoms with van der Waals surface area (Å²) in [6.07, 6.45) is 3.91. The number of aromatic nitrogens is 4. The van der Waals surface area contributed by atoms with Crippen LogP contribution in [0.15, 0.2) is 54.9 Å². The minimum absolute atomic E-state index is 0.187. The van der Waals surface area contributed by atoms with Gasteiger partial charge in [-0.15, -0.1) is 0 Å². The maximum atomic E-state index is 11.4. The predicted molar refractivity (Wildman–Crippen MR) is 118 cm³/mol. The molecule has 3 N–H and O–H groups in total. The van der Waals surface area contributed by atoms with Gasteiger partial charge in [0.1, 0.15) is 5.75 Å². The van der Waals surface area contributed by atoms with Crippen LogP contribution in [0.2, 0.25) is 5.02 Å². The van der Waals surface area contributed by atoms with Crippen molar-refractivity contribution in [1.82, 2.24) is 14.5 Å². The summed E-state index contributed by atoms with van der Waals surface area (Å²) in [5.74, 6) is -0.617. The second-order valence-corrected chi connectivity index (χ2v) is 7.80. The molecule has 7 nitrogen and oxygen atoms in total. The largest absolute Gasteiger partial charge is 0.478 e. The van der Waals surface area contributed by atoms with Crippen LogP contribution < -0.4 is 9.72 Å². The van der Waals surface area contributed by atoms with Crippen LogP contribution >= 0.6 is 11.6 Å². The van der Waals surface area contributed by atoms with Gasteiger partial charge in [0, 0.05) is 11.1 Å². The zero-order chi connectivity index (χ0) is 21.7. The molecule has 0 aliphatic rings. The van der Waals surface area contributed by atoms with Crippen LogP contribution in [-0.2, 0) is 7.05 Å². The van der Waals surface area contributed by atoms with Gasteiger partial charge in [-0.05, 0) is 48.9 Å². The summed E-state index contributed by atoms with van der Waals surface area (Å²) in [6, 6.07) is 13.0. The lowest BCUT2D eigenvalue weighted by Crippen LogP contribution is -2.07. The van der Waals surface area contributed by atoms with Crippen LogP contribution in [0, 0.1) is 6.92 Å². The van der Waals surface area contributed by atoms with Gasteiger partial charge in [0.25, 0.3) is 11.7 Å². The summed E-state index contributed by atoms with van der Waals surface area (Å²) < 4.78 is 7.79. The second-order valence-electron chi connectivity index (χ2n) is 7.39. The third kappa shape index (κ3) is 3.39. The van der Waals surface area contributed by atoms with Gasteiger partial charge in [0.05, 0.1) is 46.4 Å². The maximum absolute atomic E-state index is 11.4. The smallest absolute Gasteiger partial charge is 0.336 e. The van der Waals surface area contributed by atoms with Crippen LogP contribution in [0.3, 0.4) is 0 Å². The van der Waals surface area contributed by atoms with Crippen LogP contribution in [0.1, 0.15) is 15.9 Å². The lowest BCUT2D eigenvalue weighted by atomic mass is 10.1. The van der Waals surface area contributed by atoms with Crippen molar-refractivity contribution < 1.29 is 19.6 Å². The summed E-state index contributed by atoms with van der Waals surface area (Å²) in [4.78, 5) is 22.2. The van der Waals surface area contributed by atoms with Gasteiger partial charge in [-0.3, -0.25) is 0 Å². The Balaban J connectivity index is 1.52. The van der Waals surface area contributed by atoms with E-state index in [0.717, 1.165) is 27.7 Å². The van der Waals surface area contributed by atoms with Gasteiger partial charge < -0.3 is 14.8 Å². The summed E-state index contributed by atoms with van der Waals surface area (Å²) in [7, 11) is 1.98. The highest BCUT2D eigenvalue weighted by Gasteiger charge is 2.15. The highest BCUT2D eigenvalue weighted by molar-refractivity contribution is 6.34. The average Bonchev–Trinajstić information content (AvgIpc) is 3.30. The number of nitrogens with zero attached hydrogens (tertiary/aromatic N) is 2. The molecule has 31 heavy (non-hydrogen) atoms. The Morgan fingerprint density at radius 1 is 1.23 bits per heavy atom. The van der Waals surface area contributed by atoms with E-state index in [-0.39, 0.29) is 11.6 Å². The SMILES string of the molecule is Cc1ccc(Oc2nc3cc(-c4c[nH+]c5c(ccn5C)c4)c(Cl)cc3[nH]2)cc1C(=O)O. The molecule has 0 aliphatic heterocycles. The van der Waals surface area contributed by atoms with Gasteiger partial charge in [-0.25, -0.2) is 14.3 Å². The summed E-state index contributed by atoms with van der Waals surface area (Å²) >= 11 is 6.56. The van der Waals surface area contributed by atoms with Crippen LogP contribution in [0.4, 0.5) is 0 Å². The number of nitrogens with one attached hydrogen (secondary N) is 2. The number of hydrogen-bond acceptors (Lipinski definition) is 3. The summed E-state index contributed by atoms with van der Waals surface area (Å²) in [5, 5.41) is 11.0. The van der Waals surface area contributed by atoms with E-state index in [1.165, 1.54) is 6.07 Å². The van der Waals surface area contributed by atoms with Crippen molar-refractivity contribution in [1.29, 1.82) is 0 Å². The first kappa shape index (κ1) is 19.1. The highest BCUT2D eigenvalue weighted by Crippen LogP contribution is 2.33. The van der Waals surface area contributed by atoms with E-state index in [1.807, 2.05) is 36.1 Å². The van der Waals surface area contributed by atoms with Gasteiger partial charge in [-0.1, -0.05) is 17.7 Å². The third-order valence-electron chi connectivity index (χ3n) is 5.29. The molecule has 8 heteroatoms. The Kier molecular flexibility index (Phi) is 4.41. The van der Waals surface area contributed by atoms with Crippen molar-refractivity contribution >= 4 is 39.6 Å². The lowest BCUT2D eigenvalue weighted by molar-refractivity contribution is -0.348. The second kappa shape index (κ2) is 7.14. The first-order chi connectivity index (χ1) is 14.9. The Morgan fingerprint density at radius 3 is 2.87 bits per heavy atom. The Labute approximate surface area is 181 Å². The van der Waals surface area contributed by atoms with Crippen molar-refractivity contribution in [2.45, 2.75) is 6.92 Å². The number of H-pyrrole nitrogens is 2. The molecule has 5 aromatic rings. The van der Waals surface area contributed by atoms with Gasteiger partial charge >= 0.3 is 5.97 Å². The molecule has 0 unspecified atom stereocenters. The number of benzene rings is 2. The molecule has 5 rings (SSSR count). The van der Waals surface area contributed by atoms with E-state index >= 15 is 0 Å². The molecule has 0 amide bonds. The molecule has 2 aromatic carbocycles. The number of carboxylic acids is 1. The first-order valence-corrected chi connectivity index (χ1v) is 9.95. The van der Waals surface area contributed by atoms with Crippen molar-refractivity contribution in [2.75, 3.05) is 0 Å². The third-order valence-corrected chi connectivity index (χ3v) is 5.61. The fraction of sp³-hybridized carbons (Fsp3) is 0.0870. The van der Waals surface area contributed by atoms with E-state index in [1.54, 1.807) is 25.1 Å². The Hall–Kier alpha value is -3.84. The molecule has 0 spiro atoms. The molecule has 154 valence electrons. The molecule has 3 heterocycles. The van der Waals surface area contributed by atoms with Gasteiger partial charge in [0.15, 0.2) is 0 Å². The van der Waals surface area contributed by atoms with E-state index in [4.69, 9.17) is 16.3 Å². The standard InChI is InChI=1S/C23H17ClN4O3/c1-12-3-4-15(8-16(12)22(29)30)31-23-26-19-9-17(18(24)10-20(19)27-23)14-7-13-5-6-28(2)21(13)25-11-14/h3-11H,1-2H3,(H,26,27)(H,29,30)/p+1. The van der Waals surface area contributed by atoms with Crippen LogP contribution in [0.25, 0.3) is 33.2 Å². The molecule has 0 bridgehead atoms. The van der Waals surface area contributed by atoms with Crippen LogP contribution in [0.5, 0.6) is 11.8 Å². The number of aromatic amines is 2. The number of carboxylic acid groups (broad SMARTS) is 1. The molecular formula is C23H18ClN4O3+. The Morgan fingerprint density at radius 2 is 2.06 bits per heavy atom. The number of imidazole rings is 1. The molecule has 0 saturated carbocycles. The number of rotatable bonds is 4. The lowest BCUT2D eigenvalue weighted by Gasteiger charge is -2.05. The molecular weight excluding hydrogens is 416 g/mol. The van der Waals surface area contributed by atoms with Crippen molar-refractivity contribution in [2.24, 2.45) is 7.05 Å². The normalized spacial score (nSPS) is 11.3. The van der Waals surface area contributed by atoms with E-state index < -0.39 is 5.97 Å². The number of aromatic carboxylic acids is 1. The molecule has 0 aliphatic carbocycles. The van der Waals surface area contributed by atoms with Gasteiger partial charge in [0.2, 0.25) is 0 Å². The molecule has 0 saturated heterocycles. The van der Waals surface area contributed by atoms with Gasteiger partial charge in [-0.2, -0.15) is 4.98 Å². The highest BCUT2D eigenvalue weighted by atomic mass is 35.5. The van der Waals surface area contributed by atoms with Crippen LogP contribution in [-0.4, -0.2) is 25.6 Å². The first-order valence-electron chi connectivity index (χ1n) is 9.57. The monoisotopic (exact) mass is 433 g/mol. The number of carbonyl (C=O) groups is 1. The zero-order valence-electron chi connectivity index (χ0n) is 16.7. The molecule has 0 fully saturated rings. The fourth-order valence-corrected chi connectivity index (χ4v) is 3.92. The number of aryl methyl sites for hydroxylation is 2. The predicted octanol–water partition coefficient (Wildman–Crippen LogP) is 4.99. The minimum atomic E-state index is -1.00. The summed E-state index contributed by atoms with van der Waals surface area (Å²) in [5.41, 5.74) is 5.07. The topological polar surface area (TPSA) is 94.3 Å². The van der Waals surface area contributed by atoms with E-state index in [0.29, 0.717) is 21.9 Å². The molecule has 0 radical (unpaired) electrons. The average molecular weight is 434 g/mol. The molecule has 0 atom stereocenters. The number of pyridine rings is 1.